The number of amides is 1. The highest BCUT2D eigenvalue weighted by molar-refractivity contribution is 14.1. The number of nitrogens with one attached hydrogen (secondary N) is 1. The van der Waals surface area contributed by atoms with E-state index in [1.54, 1.807) is 18.3 Å². The Hall–Kier alpha value is -2.02. The minimum Gasteiger partial charge on any atom is -0.307 e. The first-order valence-corrected chi connectivity index (χ1v) is 7.50. The van der Waals surface area contributed by atoms with Crippen molar-refractivity contribution in [1.29, 1.82) is 0 Å². The average molecular weight is 389 g/mol. The normalized spacial score (nSPS) is 10.6. The van der Waals surface area contributed by atoms with Crippen LogP contribution in [-0.2, 0) is 0 Å². The van der Waals surface area contributed by atoms with Crippen LogP contribution in [0.25, 0.3) is 10.9 Å². The maximum atomic E-state index is 12.5. The van der Waals surface area contributed by atoms with Gasteiger partial charge in [0.1, 0.15) is 5.82 Å². The van der Waals surface area contributed by atoms with E-state index in [0.717, 1.165) is 20.2 Å². The van der Waals surface area contributed by atoms with Crippen molar-refractivity contribution in [2.75, 3.05) is 5.32 Å². The van der Waals surface area contributed by atoms with Gasteiger partial charge in [0.2, 0.25) is 0 Å². The van der Waals surface area contributed by atoms with Crippen LogP contribution in [-0.4, -0.2) is 15.9 Å². The van der Waals surface area contributed by atoms with Crippen LogP contribution in [0.15, 0.2) is 48.7 Å². The Labute approximate surface area is 135 Å². The van der Waals surface area contributed by atoms with Gasteiger partial charge in [-0.3, -0.25) is 9.78 Å². The van der Waals surface area contributed by atoms with Crippen LogP contribution in [0.2, 0.25) is 0 Å². The van der Waals surface area contributed by atoms with E-state index in [1.165, 1.54) is 0 Å². The molecule has 1 aromatic carbocycles. The topological polar surface area (TPSA) is 54.9 Å². The van der Waals surface area contributed by atoms with Crippen molar-refractivity contribution in [1.82, 2.24) is 9.97 Å². The second kappa shape index (κ2) is 5.77. The molecule has 0 fully saturated rings. The van der Waals surface area contributed by atoms with E-state index in [1.807, 2.05) is 37.3 Å². The van der Waals surface area contributed by atoms with E-state index in [4.69, 9.17) is 0 Å². The van der Waals surface area contributed by atoms with Gasteiger partial charge in [0, 0.05) is 20.8 Å². The second-order valence-electron chi connectivity index (χ2n) is 4.64. The van der Waals surface area contributed by atoms with Gasteiger partial charge in [-0.05, 0) is 53.8 Å². The molecular formula is C16H12IN3O. The highest BCUT2D eigenvalue weighted by Crippen LogP contribution is 2.19. The molecule has 0 atom stereocenters. The lowest BCUT2D eigenvalue weighted by Gasteiger charge is -2.08. The lowest BCUT2D eigenvalue weighted by Crippen LogP contribution is -2.14. The molecule has 3 rings (SSSR count). The number of hydrogen-bond donors (Lipinski definition) is 1. The number of aryl methyl sites for hydroxylation is 1. The summed E-state index contributed by atoms with van der Waals surface area (Å²) in [6, 6.07) is 13.1. The van der Waals surface area contributed by atoms with Gasteiger partial charge in [-0.15, -0.1) is 0 Å². The molecule has 21 heavy (non-hydrogen) atoms. The van der Waals surface area contributed by atoms with E-state index >= 15 is 0 Å². The third kappa shape index (κ3) is 3.02. The first kappa shape index (κ1) is 13.9. The predicted molar refractivity (Wildman–Crippen MR) is 91.4 cm³/mol. The number of pyridine rings is 2. The Bertz CT molecular complexity index is 815. The number of para-hydroxylation sites is 1. The SMILES string of the molecule is Cc1cc(C(=O)Nc2ccc(I)cn2)c2ccccc2n1. The number of nitrogens with zero attached hydrogens (tertiary/aromatic N) is 2. The van der Waals surface area contributed by atoms with Gasteiger partial charge in [0.25, 0.3) is 5.91 Å². The van der Waals surface area contributed by atoms with Crippen LogP contribution >= 0.6 is 22.6 Å². The number of aromatic nitrogens is 2. The van der Waals surface area contributed by atoms with Crippen molar-refractivity contribution in [3.8, 4) is 0 Å². The molecule has 3 aromatic rings. The molecule has 0 aliphatic heterocycles. The minimum atomic E-state index is -0.176. The molecule has 2 aromatic heterocycles. The van der Waals surface area contributed by atoms with Crippen LogP contribution in [0.4, 0.5) is 5.82 Å². The summed E-state index contributed by atoms with van der Waals surface area (Å²) in [5.41, 5.74) is 2.24. The Balaban J connectivity index is 1.99. The zero-order valence-corrected chi connectivity index (χ0v) is 13.5. The smallest absolute Gasteiger partial charge is 0.257 e. The lowest BCUT2D eigenvalue weighted by atomic mass is 10.1. The molecule has 1 amide bonds. The van der Waals surface area contributed by atoms with E-state index in [0.29, 0.717) is 11.4 Å². The van der Waals surface area contributed by atoms with Gasteiger partial charge in [0.05, 0.1) is 11.1 Å². The molecule has 104 valence electrons. The number of benzene rings is 1. The van der Waals surface area contributed by atoms with E-state index in [-0.39, 0.29) is 5.91 Å². The number of carbonyl (C=O) groups excluding carboxylic acids is 1. The quantitative estimate of drug-likeness (QED) is 0.679. The zero-order chi connectivity index (χ0) is 14.8. The highest BCUT2D eigenvalue weighted by atomic mass is 127. The van der Waals surface area contributed by atoms with E-state index < -0.39 is 0 Å². The molecular weight excluding hydrogens is 377 g/mol. The largest absolute Gasteiger partial charge is 0.307 e. The summed E-state index contributed by atoms with van der Waals surface area (Å²) < 4.78 is 1.02. The molecule has 1 N–H and O–H groups in total. The molecule has 5 heteroatoms. The standard InChI is InChI=1S/C16H12IN3O/c1-10-8-13(12-4-2-3-5-14(12)19-10)16(21)20-15-7-6-11(17)9-18-15/h2-9H,1H3,(H,18,20,21). The number of carbonyl (C=O) groups is 1. The van der Waals surface area contributed by atoms with Crippen molar-refractivity contribution in [3.05, 3.63) is 63.5 Å². The van der Waals surface area contributed by atoms with E-state index in [2.05, 4.69) is 37.9 Å². The fourth-order valence-electron chi connectivity index (χ4n) is 2.13. The molecule has 0 unspecified atom stereocenters. The van der Waals surface area contributed by atoms with Crippen molar-refractivity contribution in [2.45, 2.75) is 6.92 Å². The van der Waals surface area contributed by atoms with Gasteiger partial charge in [-0.1, -0.05) is 18.2 Å². The Morgan fingerprint density at radius 2 is 2.00 bits per heavy atom. The third-order valence-corrected chi connectivity index (χ3v) is 3.70. The maximum absolute atomic E-state index is 12.5. The molecule has 4 nitrogen and oxygen atoms in total. The van der Waals surface area contributed by atoms with Crippen molar-refractivity contribution in [3.63, 3.8) is 0 Å². The van der Waals surface area contributed by atoms with E-state index in [9.17, 15) is 4.79 Å². The minimum absolute atomic E-state index is 0.176. The first-order chi connectivity index (χ1) is 10.1. The summed E-state index contributed by atoms with van der Waals surface area (Å²) in [6.45, 7) is 1.88. The number of hydrogen-bond acceptors (Lipinski definition) is 3. The highest BCUT2D eigenvalue weighted by Gasteiger charge is 2.12. The monoisotopic (exact) mass is 389 g/mol. The number of rotatable bonds is 2. The zero-order valence-electron chi connectivity index (χ0n) is 11.3. The molecule has 2 heterocycles. The lowest BCUT2D eigenvalue weighted by molar-refractivity contribution is 0.102. The van der Waals surface area contributed by atoms with Crippen LogP contribution in [0.5, 0.6) is 0 Å². The number of anilines is 1. The first-order valence-electron chi connectivity index (χ1n) is 6.43. The summed E-state index contributed by atoms with van der Waals surface area (Å²) in [5, 5.41) is 3.66. The second-order valence-corrected chi connectivity index (χ2v) is 5.89. The van der Waals surface area contributed by atoms with Gasteiger partial charge in [-0.25, -0.2) is 4.98 Å². The predicted octanol–water partition coefficient (Wildman–Crippen LogP) is 3.80. The maximum Gasteiger partial charge on any atom is 0.257 e. The molecule has 0 spiro atoms. The van der Waals surface area contributed by atoms with Gasteiger partial charge < -0.3 is 5.32 Å². The summed E-state index contributed by atoms with van der Waals surface area (Å²) in [6.07, 6.45) is 1.71. The third-order valence-electron chi connectivity index (χ3n) is 3.06. The molecule has 0 saturated carbocycles. The van der Waals surface area contributed by atoms with Crippen LogP contribution in [0, 0.1) is 10.5 Å². The molecule has 0 aliphatic rings. The van der Waals surface area contributed by atoms with Crippen LogP contribution in [0.3, 0.4) is 0 Å². The van der Waals surface area contributed by atoms with Crippen molar-refractivity contribution < 1.29 is 4.79 Å². The molecule has 0 bridgehead atoms. The van der Waals surface area contributed by atoms with Crippen molar-refractivity contribution in [2.24, 2.45) is 0 Å². The van der Waals surface area contributed by atoms with Gasteiger partial charge in [0.15, 0.2) is 0 Å². The Morgan fingerprint density at radius 1 is 1.19 bits per heavy atom. The van der Waals surface area contributed by atoms with Gasteiger partial charge in [-0.2, -0.15) is 0 Å². The Kier molecular flexibility index (Phi) is 3.83. The van der Waals surface area contributed by atoms with Crippen LogP contribution < -0.4 is 5.32 Å². The summed E-state index contributed by atoms with van der Waals surface area (Å²) in [5.74, 6) is 0.365. The molecule has 0 aliphatic carbocycles. The number of halogens is 1. The van der Waals surface area contributed by atoms with Gasteiger partial charge >= 0.3 is 0 Å². The fraction of sp³-hybridized carbons (Fsp3) is 0.0625. The molecule has 0 radical (unpaired) electrons. The average Bonchev–Trinajstić information content (AvgIpc) is 2.48. The van der Waals surface area contributed by atoms with Crippen LogP contribution in [0.1, 0.15) is 16.1 Å². The van der Waals surface area contributed by atoms with Crippen molar-refractivity contribution >= 4 is 45.2 Å². The summed E-state index contributed by atoms with van der Waals surface area (Å²) in [4.78, 5) is 21.1. The fourth-order valence-corrected chi connectivity index (χ4v) is 2.45. The Morgan fingerprint density at radius 3 is 2.76 bits per heavy atom. The number of fused-ring (bicyclic) bond motifs is 1. The summed E-state index contributed by atoms with van der Waals surface area (Å²) in [7, 11) is 0. The molecule has 0 saturated heterocycles. The summed E-state index contributed by atoms with van der Waals surface area (Å²) >= 11 is 2.17.